The van der Waals surface area contributed by atoms with Crippen LogP contribution in [0.4, 0.5) is 0 Å². The zero-order chi connectivity index (χ0) is 8.85. The molecule has 11 heavy (non-hydrogen) atoms. The number of hydrogen-bond acceptors (Lipinski definition) is 3. The highest BCUT2D eigenvalue weighted by atomic mass is 35.5. The van der Waals surface area contributed by atoms with Crippen LogP contribution in [0.25, 0.3) is 0 Å². The summed E-state index contributed by atoms with van der Waals surface area (Å²) in [5.41, 5.74) is 0.968. The summed E-state index contributed by atoms with van der Waals surface area (Å²) in [4.78, 5) is 20.9. The van der Waals surface area contributed by atoms with Gasteiger partial charge in [-0.25, -0.2) is 0 Å². The first-order valence-electron chi connectivity index (χ1n) is 2.71. The number of hydrogen-bond donors (Lipinski definition) is 1. The molecule has 1 atom stereocenters. The van der Waals surface area contributed by atoms with Gasteiger partial charge < -0.3 is 9.84 Å². The van der Waals surface area contributed by atoms with Gasteiger partial charge in [-0.3, -0.25) is 9.59 Å². The predicted molar refractivity (Wildman–Crippen MR) is 38.1 cm³/mol. The van der Waals surface area contributed by atoms with Gasteiger partial charge in [0.25, 0.3) is 0 Å². The van der Waals surface area contributed by atoms with Crippen LogP contribution < -0.4 is 0 Å². The van der Waals surface area contributed by atoms with Crippen LogP contribution in [0, 0.1) is 5.92 Å². The van der Waals surface area contributed by atoms with E-state index in [1.165, 1.54) is 0 Å². The van der Waals surface area contributed by atoms with Crippen molar-refractivity contribution >= 4 is 23.5 Å². The maximum atomic E-state index is 10.6. The Bertz CT molecular complexity index is 187. The summed E-state index contributed by atoms with van der Waals surface area (Å²) in [6.45, 7) is 0. The van der Waals surface area contributed by atoms with Crippen molar-refractivity contribution < 1.29 is 19.4 Å². The number of methoxy groups -OCH3 is 1. The fourth-order valence-electron chi connectivity index (χ4n) is 0.461. The number of ether oxygens (including phenoxy) is 1. The van der Waals surface area contributed by atoms with Crippen LogP contribution in [0.5, 0.6) is 0 Å². The molecule has 5 heteroatoms. The first-order chi connectivity index (χ1) is 5.13. The molecule has 0 radical (unpaired) electrons. The van der Waals surface area contributed by atoms with Gasteiger partial charge in [0, 0.05) is 5.54 Å². The number of carboxylic acid groups (broad SMARTS) is 1. The second kappa shape index (κ2) is 4.73. The molecule has 0 spiro atoms. The quantitative estimate of drug-likeness (QED) is 0.508. The van der Waals surface area contributed by atoms with Crippen LogP contribution in [0.15, 0.2) is 11.6 Å². The summed E-state index contributed by atoms with van der Waals surface area (Å²) in [6, 6.07) is 0. The molecule has 0 amide bonds. The monoisotopic (exact) mass is 178 g/mol. The Hall–Kier alpha value is -1.03. The van der Waals surface area contributed by atoms with Crippen LogP contribution in [0.3, 0.4) is 0 Å². The highest BCUT2D eigenvalue weighted by molar-refractivity contribution is 6.25. The Morgan fingerprint density at radius 2 is 2.18 bits per heavy atom. The number of halogens is 1. The Kier molecular flexibility index (Phi) is 4.29. The van der Waals surface area contributed by atoms with Crippen molar-refractivity contribution in [1.29, 1.82) is 0 Å². The van der Waals surface area contributed by atoms with E-state index < -0.39 is 17.9 Å². The highest BCUT2D eigenvalue weighted by Crippen LogP contribution is 2.02. The fourth-order valence-corrected chi connectivity index (χ4v) is 0.607. The average molecular weight is 179 g/mol. The van der Waals surface area contributed by atoms with E-state index in [4.69, 9.17) is 16.7 Å². The van der Waals surface area contributed by atoms with Gasteiger partial charge in [-0.2, -0.15) is 0 Å². The van der Waals surface area contributed by atoms with Crippen molar-refractivity contribution in [2.24, 2.45) is 5.92 Å². The predicted octanol–water partition coefficient (Wildman–Crippen LogP) is 0.613. The number of carbonyl (C=O) groups is 2. The molecule has 0 heterocycles. The fraction of sp³-hybridized carbons (Fsp3) is 0.333. The minimum absolute atomic E-state index is 0.839. The van der Waals surface area contributed by atoms with Gasteiger partial charge in [0.15, 0.2) is 5.92 Å². The summed E-state index contributed by atoms with van der Waals surface area (Å²) in [6.07, 6.45) is 1.04. The molecule has 0 fully saturated rings. The van der Waals surface area contributed by atoms with Crippen molar-refractivity contribution in [3.63, 3.8) is 0 Å². The zero-order valence-corrected chi connectivity index (χ0v) is 6.54. The van der Waals surface area contributed by atoms with Gasteiger partial charge in [0.1, 0.15) is 0 Å². The highest BCUT2D eigenvalue weighted by Gasteiger charge is 2.23. The Balaban J connectivity index is 4.34. The van der Waals surface area contributed by atoms with Gasteiger partial charge >= 0.3 is 11.9 Å². The molecular weight excluding hydrogens is 172 g/mol. The molecule has 0 saturated carbocycles. The van der Waals surface area contributed by atoms with E-state index in [1.807, 2.05) is 0 Å². The van der Waals surface area contributed by atoms with Gasteiger partial charge in [-0.05, 0) is 6.08 Å². The first-order valence-corrected chi connectivity index (χ1v) is 3.14. The Morgan fingerprint density at radius 3 is 2.45 bits per heavy atom. The lowest BCUT2D eigenvalue weighted by Crippen LogP contribution is -2.22. The first kappa shape index (κ1) is 9.97. The largest absolute Gasteiger partial charge is 0.480 e. The van der Waals surface area contributed by atoms with Crippen LogP contribution in [0.1, 0.15) is 0 Å². The van der Waals surface area contributed by atoms with Crippen LogP contribution >= 0.6 is 11.6 Å². The van der Waals surface area contributed by atoms with E-state index >= 15 is 0 Å². The van der Waals surface area contributed by atoms with Crippen molar-refractivity contribution in [3.05, 3.63) is 11.6 Å². The van der Waals surface area contributed by atoms with Gasteiger partial charge in [0.05, 0.1) is 7.11 Å². The molecule has 0 aromatic heterocycles. The summed E-state index contributed by atoms with van der Waals surface area (Å²) >= 11 is 5.09. The van der Waals surface area contributed by atoms with Crippen LogP contribution in [0.2, 0.25) is 0 Å². The van der Waals surface area contributed by atoms with E-state index in [2.05, 4.69) is 4.74 Å². The van der Waals surface area contributed by atoms with Gasteiger partial charge in [-0.15, -0.1) is 0 Å². The number of carboxylic acids is 1. The molecule has 1 N–H and O–H groups in total. The number of rotatable bonds is 3. The molecule has 62 valence electrons. The van der Waals surface area contributed by atoms with E-state index in [-0.39, 0.29) is 0 Å². The molecule has 0 aromatic carbocycles. The van der Waals surface area contributed by atoms with Gasteiger partial charge in [-0.1, -0.05) is 11.6 Å². The molecule has 0 bridgehead atoms. The molecule has 0 saturated heterocycles. The minimum Gasteiger partial charge on any atom is -0.480 e. The van der Waals surface area contributed by atoms with Crippen LogP contribution in [-0.4, -0.2) is 24.2 Å². The van der Waals surface area contributed by atoms with E-state index in [1.54, 1.807) is 0 Å². The lowest BCUT2D eigenvalue weighted by Gasteiger charge is -2.02. The van der Waals surface area contributed by atoms with E-state index in [9.17, 15) is 9.59 Å². The summed E-state index contributed by atoms with van der Waals surface area (Å²) < 4.78 is 4.20. The topological polar surface area (TPSA) is 63.6 Å². The van der Waals surface area contributed by atoms with E-state index in [0.717, 1.165) is 18.7 Å². The second-order valence-corrected chi connectivity index (χ2v) is 1.91. The summed E-state index contributed by atoms with van der Waals surface area (Å²) in [5, 5.41) is 8.40. The van der Waals surface area contributed by atoms with Crippen molar-refractivity contribution in [1.82, 2.24) is 0 Å². The Morgan fingerprint density at radius 1 is 1.64 bits per heavy atom. The lowest BCUT2D eigenvalue weighted by atomic mass is 10.1. The maximum absolute atomic E-state index is 10.6. The lowest BCUT2D eigenvalue weighted by molar-refractivity contribution is -0.154. The molecule has 0 aromatic rings. The molecule has 0 aliphatic carbocycles. The number of aliphatic carboxylic acids is 1. The number of esters is 1. The third-order valence-corrected chi connectivity index (χ3v) is 1.13. The van der Waals surface area contributed by atoms with Crippen molar-refractivity contribution in [2.45, 2.75) is 0 Å². The molecule has 0 rings (SSSR count). The average Bonchev–Trinajstić information content (AvgIpc) is 1.98. The van der Waals surface area contributed by atoms with Gasteiger partial charge in [0.2, 0.25) is 0 Å². The summed E-state index contributed by atoms with van der Waals surface area (Å²) in [7, 11) is 1.11. The maximum Gasteiger partial charge on any atom is 0.324 e. The molecule has 4 nitrogen and oxygen atoms in total. The number of carbonyl (C=O) groups excluding carboxylic acids is 1. The van der Waals surface area contributed by atoms with Crippen molar-refractivity contribution in [3.8, 4) is 0 Å². The second-order valence-electron chi connectivity index (χ2n) is 1.66. The van der Waals surface area contributed by atoms with Crippen molar-refractivity contribution in [2.75, 3.05) is 7.11 Å². The van der Waals surface area contributed by atoms with E-state index in [0.29, 0.717) is 0 Å². The summed E-state index contributed by atoms with van der Waals surface area (Å²) in [5.74, 6) is -3.43. The molecular formula is C6H7ClO4. The molecule has 1 unspecified atom stereocenters. The minimum atomic E-state index is -1.31. The molecule has 0 aliphatic rings. The SMILES string of the molecule is COC(=O)C(C=CCl)C(=O)O. The molecule has 0 aliphatic heterocycles. The third-order valence-electron chi connectivity index (χ3n) is 0.986. The smallest absolute Gasteiger partial charge is 0.324 e. The zero-order valence-electron chi connectivity index (χ0n) is 5.78. The Labute approximate surface area is 68.4 Å². The standard InChI is InChI=1S/C6H7ClO4/c1-11-6(10)4(2-3-7)5(8)9/h2-4H,1H3,(H,8,9). The third kappa shape index (κ3) is 3.04. The van der Waals surface area contributed by atoms with Crippen LogP contribution in [-0.2, 0) is 14.3 Å². The normalized spacial score (nSPS) is 12.9.